The standard InChI is InChI=1S/C10H8ClIS2/c1-13-8-5-14-7-3-2-6(4-11)10(12)9(7)8/h2-3,5H,4H2,1H3. The van der Waals surface area contributed by atoms with Gasteiger partial charge in [-0.05, 0) is 40.5 Å². The van der Waals surface area contributed by atoms with Crippen LogP contribution in [0.25, 0.3) is 10.1 Å². The number of halogens is 2. The second-order valence-corrected chi connectivity index (χ2v) is 5.95. The van der Waals surface area contributed by atoms with E-state index < -0.39 is 0 Å². The van der Waals surface area contributed by atoms with Crippen LogP contribution in [0.15, 0.2) is 22.4 Å². The molecule has 2 rings (SSSR count). The quantitative estimate of drug-likeness (QED) is 0.417. The second kappa shape index (κ2) is 4.60. The molecule has 4 heteroatoms. The van der Waals surface area contributed by atoms with Crippen molar-refractivity contribution < 1.29 is 0 Å². The number of hydrogen-bond acceptors (Lipinski definition) is 2. The number of fused-ring (bicyclic) bond motifs is 1. The fourth-order valence-electron chi connectivity index (χ4n) is 1.36. The van der Waals surface area contributed by atoms with Gasteiger partial charge in [-0.15, -0.1) is 34.7 Å². The first kappa shape index (κ1) is 11.0. The van der Waals surface area contributed by atoms with Gasteiger partial charge in [-0.25, -0.2) is 0 Å². The van der Waals surface area contributed by atoms with E-state index in [9.17, 15) is 0 Å². The van der Waals surface area contributed by atoms with E-state index in [1.807, 2.05) is 0 Å². The van der Waals surface area contributed by atoms with Gasteiger partial charge in [-0.3, -0.25) is 0 Å². The Morgan fingerprint density at radius 3 is 2.93 bits per heavy atom. The van der Waals surface area contributed by atoms with Gasteiger partial charge in [0.25, 0.3) is 0 Å². The minimum absolute atomic E-state index is 0.595. The third kappa shape index (κ3) is 1.79. The van der Waals surface area contributed by atoms with Crippen LogP contribution in [-0.4, -0.2) is 6.26 Å². The Balaban J connectivity index is 2.77. The Morgan fingerprint density at radius 2 is 2.29 bits per heavy atom. The maximum absolute atomic E-state index is 5.89. The molecule has 0 N–H and O–H groups in total. The smallest absolute Gasteiger partial charge is 0.0484 e. The first-order valence-electron chi connectivity index (χ1n) is 4.06. The van der Waals surface area contributed by atoms with Crippen molar-refractivity contribution in [2.24, 2.45) is 0 Å². The summed E-state index contributed by atoms with van der Waals surface area (Å²) < 4.78 is 2.66. The van der Waals surface area contributed by atoms with Crippen LogP contribution in [0, 0.1) is 3.57 Å². The molecule has 0 spiro atoms. The molecule has 0 saturated carbocycles. The monoisotopic (exact) mass is 354 g/mol. The summed E-state index contributed by atoms with van der Waals surface area (Å²) in [5, 5.41) is 3.59. The molecular formula is C10H8ClIS2. The number of rotatable bonds is 2. The highest BCUT2D eigenvalue weighted by molar-refractivity contribution is 14.1. The normalized spacial score (nSPS) is 11.1. The van der Waals surface area contributed by atoms with Crippen molar-refractivity contribution in [2.75, 3.05) is 6.26 Å². The molecule has 1 heterocycles. The molecule has 1 aromatic carbocycles. The van der Waals surface area contributed by atoms with E-state index in [1.54, 1.807) is 23.1 Å². The molecule has 2 aromatic rings. The fraction of sp³-hybridized carbons (Fsp3) is 0.200. The Kier molecular flexibility index (Phi) is 3.63. The predicted octanol–water partition coefficient (Wildman–Crippen LogP) is 4.97. The lowest BCUT2D eigenvalue weighted by molar-refractivity contribution is 1.39. The molecule has 74 valence electrons. The lowest BCUT2D eigenvalue weighted by atomic mass is 10.2. The molecule has 0 aliphatic rings. The molecule has 0 aliphatic heterocycles. The van der Waals surface area contributed by atoms with Gasteiger partial charge in [-0.2, -0.15) is 0 Å². The van der Waals surface area contributed by atoms with E-state index in [0.29, 0.717) is 5.88 Å². The molecule has 14 heavy (non-hydrogen) atoms. The highest BCUT2D eigenvalue weighted by atomic mass is 127. The Morgan fingerprint density at radius 1 is 1.50 bits per heavy atom. The zero-order chi connectivity index (χ0) is 10.1. The van der Waals surface area contributed by atoms with E-state index in [2.05, 4.69) is 46.4 Å². The van der Waals surface area contributed by atoms with Crippen molar-refractivity contribution >= 4 is 67.4 Å². The van der Waals surface area contributed by atoms with Gasteiger partial charge in [0.15, 0.2) is 0 Å². The summed E-state index contributed by atoms with van der Waals surface area (Å²) >= 11 is 11.9. The number of benzene rings is 1. The zero-order valence-corrected chi connectivity index (χ0v) is 12.1. The number of thioether (sulfide) groups is 1. The molecule has 1 aromatic heterocycles. The molecule has 0 saturated heterocycles. The average molecular weight is 355 g/mol. The van der Waals surface area contributed by atoms with Crippen molar-refractivity contribution in [2.45, 2.75) is 10.8 Å². The SMILES string of the molecule is CSc1csc2ccc(CCl)c(I)c12. The molecule has 0 bridgehead atoms. The van der Waals surface area contributed by atoms with Crippen LogP contribution in [0.3, 0.4) is 0 Å². The first-order chi connectivity index (χ1) is 6.77. The summed E-state index contributed by atoms with van der Waals surface area (Å²) in [6, 6.07) is 4.29. The maximum Gasteiger partial charge on any atom is 0.0484 e. The highest BCUT2D eigenvalue weighted by Gasteiger charge is 2.09. The number of alkyl halides is 1. The van der Waals surface area contributed by atoms with Gasteiger partial charge in [0.2, 0.25) is 0 Å². The van der Waals surface area contributed by atoms with E-state index >= 15 is 0 Å². The summed E-state index contributed by atoms with van der Waals surface area (Å²) in [5.41, 5.74) is 1.23. The van der Waals surface area contributed by atoms with Crippen LogP contribution in [0.4, 0.5) is 0 Å². The lowest BCUT2D eigenvalue weighted by Gasteiger charge is -2.03. The molecule has 0 atom stereocenters. The molecule has 0 radical (unpaired) electrons. The Labute approximate surface area is 110 Å². The summed E-state index contributed by atoms with van der Waals surface area (Å²) in [5.74, 6) is 0.595. The molecule has 0 fully saturated rings. The maximum atomic E-state index is 5.89. The van der Waals surface area contributed by atoms with E-state index in [1.165, 1.54) is 24.1 Å². The predicted molar refractivity (Wildman–Crippen MR) is 75.9 cm³/mol. The number of thiophene rings is 1. The van der Waals surface area contributed by atoms with Crippen LogP contribution in [0.2, 0.25) is 0 Å². The second-order valence-electron chi connectivity index (χ2n) is 2.85. The summed E-state index contributed by atoms with van der Waals surface area (Å²) in [7, 11) is 0. The van der Waals surface area contributed by atoms with Crippen LogP contribution < -0.4 is 0 Å². The summed E-state index contributed by atoms with van der Waals surface area (Å²) in [6.45, 7) is 0. The summed E-state index contributed by atoms with van der Waals surface area (Å²) in [4.78, 5) is 1.36. The van der Waals surface area contributed by atoms with Crippen LogP contribution in [0.5, 0.6) is 0 Å². The average Bonchev–Trinajstić information content (AvgIpc) is 2.62. The molecule has 0 amide bonds. The Bertz CT molecular complexity index is 464. The Hall–Kier alpha value is 0.550. The van der Waals surface area contributed by atoms with Gasteiger partial charge in [-0.1, -0.05) is 6.07 Å². The molecule has 0 aliphatic carbocycles. The van der Waals surface area contributed by atoms with Gasteiger partial charge >= 0.3 is 0 Å². The van der Waals surface area contributed by atoms with Gasteiger partial charge in [0.1, 0.15) is 0 Å². The van der Waals surface area contributed by atoms with Crippen LogP contribution in [0.1, 0.15) is 5.56 Å². The summed E-state index contributed by atoms with van der Waals surface area (Å²) in [6.07, 6.45) is 2.12. The van der Waals surface area contributed by atoms with E-state index in [4.69, 9.17) is 11.6 Å². The molecular weight excluding hydrogens is 347 g/mol. The lowest BCUT2D eigenvalue weighted by Crippen LogP contribution is -1.84. The first-order valence-corrected chi connectivity index (χ1v) is 7.78. The van der Waals surface area contributed by atoms with E-state index in [-0.39, 0.29) is 0 Å². The zero-order valence-electron chi connectivity index (χ0n) is 7.51. The molecule has 0 unspecified atom stereocenters. The largest absolute Gasteiger partial charge is 0.143 e. The number of hydrogen-bond donors (Lipinski definition) is 0. The fourth-order valence-corrected chi connectivity index (χ4v) is 4.96. The minimum Gasteiger partial charge on any atom is -0.143 e. The van der Waals surface area contributed by atoms with Gasteiger partial charge in [0.05, 0.1) is 0 Å². The minimum atomic E-state index is 0.595. The van der Waals surface area contributed by atoms with Gasteiger partial charge < -0.3 is 0 Å². The highest BCUT2D eigenvalue weighted by Crippen LogP contribution is 2.37. The third-order valence-corrected chi connectivity index (χ3v) is 5.47. The van der Waals surface area contributed by atoms with Crippen molar-refractivity contribution in [3.8, 4) is 0 Å². The van der Waals surface area contributed by atoms with Crippen LogP contribution >= 0.6 is 57.3 Å². The van der Waals surface area contributed by atoms with Crippen molar-refractivity contribution in [3.05, 3.63) is 26.6 Å². The van der Waals surface area contributed by atoms with Crippen molar-refractivity contribution in [3.63, 3.8) is 0 Å². The van der Waals surface area contributed by atoms with Crippen LogP contribution in [-0.2, 0) is 5.88 Å². The third-order valence-electron chi connectivity index (χ3n) is 2.09. The van der Waals surface area contributed by atoms with Gasteiger partial charge in [0, 0.05) is 29.8 Å². The molecule has 0 nitrogen and oxygen atoms in total. The van der Waals surface area contributed by atoms with E-state index in [0.717, 1.165) is 0 Å². The van der Waals surface area contributed by atoms with Crippen molar-refractivity contribution in [1.29, 1.82) is 0 Å². The topological polar surface area (TPSA) is 0 Å². The van der Waals surface area contributed by atoms with Crippen molar-refractivity contribution in [1.82, 2.24) is 0 Å².